The van der Waals surface area contributed by atoms with Gasteiger partial charge in [-0.15, -0.1) is 0 Å². The van der Waals surface area contributed by atoms with Gasteiger partial charge in [0.15, 0.2) is 12.2 Å². The zero-order chi connectivity index (χ0) is 73.7. The van der Waals surface area contributed by atoms with Gasteiger partial charge in [-0.2, -0.15) is 0 Å². The second kappa shape index (κ2) is 71.3. The molecule has 100 heavy (non-hydrogen) atoms. The molecule has 0 aliphatic heterocycles. The molecule has 0 saturated heterocycles. The topological polar surface area (TPSA) is 237 Å². The molecule has 0 aliphatic rings. The minimum Gasteiger partial charge on any atom is -0.462 e. The van der Waals surface area contributed by atoms with Gasteiger partial charge in [-0.3, -0.25) is 37.3 Å². The second-order valence-corrected chi connectivity index (χ2v) is 33.3. The van der Waals surface area contributed by atoms with Gasteiger partial charge >= 0.3 is 39.5 Å². The first kappa shape index (κ1) is 98.1. The quantitative estimate of drug-likeness (QED) is 0.0222. The van der Waals surface area contributed by atoms with Gasteiger partial charge in [0.2, 0.25) is 0 Å². The van der Waals surface area contributed by atoms with Crippen LogP contribution < -0.4 is 0 Å². The number of hydrogen-bond acceptors (Lipinski definition) is 15. The van der Waals surface area contributed by atoms with Crippen LogP contribution in [0.15, 0.2) is 0 Å². The summed E-state index contributed by atoms with van der Waals surface area (Å²) in [4.78, 5) is 73.1. The molecule has 0 fully saturated rings. The van der Waals surface area contributed by atoms with Crippen molar-refractivity contribution in [1.82, 2.24) is 0 Å². The van der Waals surface area contributed by atoms with Crippen molar-refractivity contribution in [2.45, 2.75) is 439 Å². The Labute approximate surface area is 613 Å². The summed E-state index contributed by atoms with van der Waals surface area (Å²) in [6.07, 6.45) is 59.4. The molecule has 0 aromatic carbocycles. The Kier molecular flexibility index (Phi) is 69.9. The van der Waals surface area contributed by atoms with Crippen LogP contribution in [-0.2, 0) is 65.4 Å². The molecule has 6 atom stereocenters. The number of phosphoric acid groups is 2. The van der Waals surface area contributed by atoms with Crippen LogP contribution in [0.25, 0.3) is 0 Å². The lowest BCUT2D eigenvalue weighted by atomic mass is 9.99. The van der Waals surface area contributed by atoms with Crippen molar-refractivity contribution >= 4 is 39.5 Å². The number of ether oxygens (including phenoxy) is 4. The third-order valence-electron chi connectivity index (χ3n) is 19.2. The number of esters is 4. The molecule has 0 aromatic rings. The van der Waals surface area contributed by atoms with Gasteiger partial charge in [-0.05, 0) is 43.4 Å². The highest BCUT2D eigenvalue weighted by Crippen LogP contribution is 2.45. The van der Waals surface area contributed by atoms with E-state index in [-0.39, 0.29) is 25.7 Å². The monoisotopic (exact) mass is 1470 g/mol. The molecular formula is C81H158O17P2. The van der Waals surface area contributed by atoms with Crippen LogP contribution in [-0.4, -0.2) is 96.7 Å². The highest BCUT2D eigenvalue weighted by molar-refractivity contribution is 7.47. The van der Waals surface area contributed by atoms with Gasteiger partial charge in [-0.1, -0.05) is 370 Å². The Bertz CT molecular complexity index is 1940. The van der Waals surface area contributed by atoms with E-state index >= 15 is 0 Å². The maximum atomic E-state index is 13.1. The summed E-state index contributed by atoms with van der Waals surface area (Å²) in [5.74, 6) is 0.288. The van der Waals surface area contributed by atoms with E-state index in [0.717, 1.165) is 108 Å². The average Bonchev–Trinajstić information content (AvgIpc) is 0.927. The molecule has 0 radical (unpaired) electrons. The van der Waals surface area contributed by atoms with Gasteiger partial charge in [0.25, 0.3) is 0 Å². The number of phosphoric ester groups is 2. The van der Waals surface area contributed by atoms with Crippen LogP contribution in [0, 0.1) is 17.8 Å². The van der Waals surface area contributed by atoms with Crippen molar-refractivity contribution in [3.63, 3.8) is 0 Å². The number of rotatable bonds is 79. The summed E-state index contributed by atoms with van der Waals surface area (Å²) < 4.78 is 68.8. The van der Waals surface area contributed by atoms with Gasteiger partial charge in [-0.25, -0.2) is 9.13 Å². The van der Waals surface area contributed by atoms with Gasteiger partial charge in [0.1, 0.15) is 19.3 Å². The number of carbonyl (C=O) groups excluding carboxylic acids is 4. The Morgan fingerprint density at radius 1 is 0.290 bits per heavy atom. The van der Waals surface area contributed by atoms with Crippen molar-refractivity contribution in [1.29, 1.82) is 0 Å². The summed E-state index contributed by atoms with van der Waals surface area (Å²) in [6, 6.07) is 0. The van der Waals surface area contributed by atoms with E-state index in [1.54, 1.807) is 0 Å². The Balaban J connectivity index is 5.27. The van der Waals surface area contributed by atoms with Crippen LogP contribution in [0.4, 0.5) is 0 Å². The number of carbonyl (C=O) groups is 4. The highest BCUT2D eigenvalue weighted by atomic mass is 31.2. The zero-order valence-corrected chi connectivity index (χ0v) is 67.5. The minimum absolute atomic E-state index is 0.107. The van der Waals surface area contributed by atoms with Crippen LogP contribution in [0.1, 0.15) is 421 Å². The maximum Gasteiger partial charge on any atom is 0.472 e. The number of aliphatic hydroxyl groups is 1. The Morgan fingerprint density at radius 3 is 0.760 bits per heavy atom. The number of unbranched alkanes of at least 4 members (excludes halogenated alkanes) is 46. The van der Waals surface area contributed by atoms with E-state index in [4.69, 9.17) is 37.0 Å². The molecule has 0 spiro atoms. The molecule has 19 heteroatoms. The van der Waals surface area contributed by atoms with Crippen LogP contribution in [0.3, 0.4) is 0 Å². The fourth-order valence-electron chi connectivity index (χ4n) is 12.5. The first-order valence-corrected chi connectivity index (χ1v) is 44.9. The van der Waals surface area contributed by atoms with Crippen LogP contribution in [0.2, 0.25) is 0 Å². The zero-order valence-electron chi connectivity index (χ0n) is 65.7. The SMILES string of the molecule is CCCCCCCCCCCCCCC(=O)OC[C@H](COP(=O)(O)OC[C@H](O)COP(=O)(O)OC[C@@H](COC(=O)CCCCCCCCCCCCCCCCC(C)C)OC(=O)CCCCCCCCCCCCCCCCC(C)C)OC(=O)CCCCCCCCCCCCC(C)CC. The minimum atomic E-state index is -4.96. The molecule has 0 heterocycles. The van der Waals surface area contributed by atoms with E-state index in [1.807, 2.05) is 0 Å². The van der Waals surface area contributed by atoms with Gasteiger partial charge < -0.3 is 33.8 Å². The summed E-state index contributed by atoms with van der Waals surface area (Å²) in [6.45, 7) is 12.0. The molecule has 0 aromatic heterocycles. The summed E-state index contributed by atoms with van der Waals surface area (Å²) >= 11 is 0. The first-order valence-electron chi connectivity index (χ1n) is 41.9. The summed E-state index contributed by atoms with van der Waals surface area (Å²) in [5, 5.41) is 10.6. The van der Waals surface area contributed by atoms with Crippen LogP contribution >= 0.6 is 15.6 Å². The predicted molar refractivity (Wildman–Crippen MR) is 409 cm³/mol. The molecule has 0 saturated carbocycles. The lowest BCUT2D eigenvalue weighted by Crippen LogP contribution is -2.30. The third kappa shape index (κ3) is 73.0. The molecule has 0 bridgehead atoms. The number of hydrogen-bond donors (Lipinski definition) is 3. The second-order valence-electron chi connectivity index (χ2n) is 30.4. The van der Waals surface area contributed by atoms with Crippen LogP contribution in [0.5, 0.6) is 0 Å². The standard InChI is InChI=1S/C81H158O17P2/c1-8-10-11-12-13-14-15-26-34-41-48-55-62-78(83)91-69-77(98-81(86)65-58-51-44-37-30-29-33-40-47-54-61-74(7)9-2)71-96-100(89,90)94-67-75(82)66-93-99(87,88)95-70-76(97-80(85)64-57-50-43-36-28-23-19-17-21-25-32-39-46-53-60-73(5)6)68-92-79(84)63-56-49-42-35-27-22-18-16-20-24-31-38-45-52-59-72(3)4/h72-77,82H,8-71H2,1-7H3,(H,87,88)(H,89,90)/t74?,75-,76-,77-/m1/s1. The fraction of sp³-hybridized carbons (Fsp3) is 0.951. The van der Waals surface area contributed by atoms with Crippen molar-refractivity contribution in [2.75, 3.05) is 39.6 Å². The number of aliphatic hydroxyl groups excluding tert-OH is 1. The fourth-order valence-corrected chi connectivity index (χ4v) is 14.0. The largest absolute Gasteiger partial charge is 0.472 e. The van der Waals surface area contributed by atoms with E-state index in [2.05, 4.69) is 48.5 Å². The molecule has 3 N–H and O–H groups in total. The predicted octanol–water partition coefficient (Wildman–Crippen LogP) is 24.1. The smallest absolute Gasteiger partial charge is 0.462 e. The Hall–Kier alpha value is -1.94. The van der Waals surface area contributed by atoms with E-state index in [9.17, 15) is 43.2 Å². The Morgan fingerprint density at radius 2 is 0.510 bits per heavy atom. The average molecular weight is 1470 g/mol. The third-order valence-corrected chi connectivity index (χ3v) is 21.1. The molecule has 0 rings (SSSR count). The molecule has 0 amide bonds. The van der Waals surface area contributed by atoms with Crippen molar-refractivity contribution < 1.29 is 80.2 Å². The summed E-state index contributed by atoms with van der Waals surface area (Å²) in [5.41, 5.74) is 0. The first-order chi connectivity index (χ1) is 48.3. The van der Waals surface area contributed by atoms with E-state index in [1.165, 1.54) is 231 Å². The van der Waals surface area contributed by atoms with Crippen molar-refractivity contribution in [2.24, 2.45) is 17.8 Å². The van der Waals surface area contributed by atoms with Crippen molar-refractivity contribution in [3.8, 4) is 0 Å². The molecule has 17 nitrogen and oxygen atoms in total. The van der Waals surface area contributed by atoms with Gasteiger partial charge in [0.05, 0.1) is 26.4 Å². The van der Waals surface area contributed by atoms with Gasteiger partial charge in [0, 0.05) is 25.7 Å². The lowest BCUT2D eigenvalue weighted by molar-refractivity contribution is -0.161. The normalized spacial score (nSPS) is 14.2. The molecule has 0 aliphatic carbocycles. The van der Waals surface area contributed by atoms with Crippen molar-refractivity contribution in [3.05, 3.63) is 0 Å². The van der Waals surface area contributed by atoms with E-state index < -0.39 is 97.5 Å². The lowest BCUT2D eigenvalue weighted by Gasteiger charge is -2.21. The molecule has 594 valence electrons. The maximum absolute atomic E-state index is 13.1. The highest BCUT2D eigenvalue weighted by Gasteiger charge is 2.30. The summed E-state index contributed by atoms with van der Waals surface area (Å²) in [7, 11) is -9.92. The molecule has 3 unspecified atom stereocenters. The molecular weight excluding hydrogens is 1310 g/mol. The van der Waals surface area contributed by atoms with E-state index in [0.29, 0.717) is 25.7 Å².